The molecule has 0 bridgehead atoms. The summed E-state index contributed by atoms with van der Waals surface area (Å²) in [6, 6.07) is 7.55. The fraction of sp³-hybridized carbons (Fsp3) is 0.500. The van der Waals surface area contributed by atoms with E-state index in [-0.39, 0.29) is 5.75 Å². The number of sulfonamides is 1. The summed E-state index contributed by atoms with van der Waals surface area (Å²) in [7, 11) is 0.599. The second kappa shape index (κ2) is 6.14. The third-order valence-electron chi connectivity index (χ3n) is 2.32. The van der Waals surface area contributed by atoms with E-state index in [1.165, 1.54) is 0 Å². The number of nitrogens with one attached hydrogen (secondary N) is 1. The summed E-state index contributed by atoms with van der Waals surface area (Å²) in [5.41, 5.74) is 1.90. The molecule has 0 saturated heterocycles. The highest BCUT2D eigenvalue weighted by Crippen LogP contribution is 2.07. The first-order valence-corrected chi connectivity index (χ1v) is 7.22. The highest BCUT2D eigenvalue weighted by molar-refractivity contribution is 7.88. The molecule has 1 N–H and O–H groups in total. The Morgan fingerprint density at radius 2 is 2.00 bits per heavy atom. The van der Waals surface area contributed by atoms with E-state index in [1.807, 2.05) is 50.2 Å². The van der Waals surface area contributed by atoms with E-state index in [1.54, 1.807) is 0 Å². The van der Waals surface area contributed by atoms with Gasteiger partial charge in [0.05, 0.1) is 5.75 Å². The van der Waals surface area contributed by atoms with Crippen LogP contribution in [0.1, 0.15) is 11.1 Å². The Morgan fingerprint density at radius 1 is 1.29 bits per heavy atom. The fourth-order valence-corrected chi connectivity index (χ4v) is 2.62. The first-order chi connectivity index (χ1) is 7.89. The first-order valence-electron chi connectivity index (χ1n) is 5.57. The minimum absolute atomic E-state index is 0.0438. The average molecular weight is 256 g/mol. The third kappa shape index (κ3) is 5.81. The number of aryl methyl sites for hydroxylation is 1. The highest BCUT2D eigenvalue weighted by atomic mass is 32.2. The maximum absolute atomic E-state index is 11.8. The van der Waals surface area contributed by atoms with Crippen LogP contribution >= 0.6 is 0 Å². The van der Waals surface area contributed by atoms with Crippen LogP contribution in [0.4, 0.5) is 0 Å². The molecule has 1 aromatic carbocycles. The number of rotatable bonds is 6. The molecule has 0 unspecified atom stereocenters. The molecule has 0 radical (unpaired) electrons. The molecule has 0 saturated carbocycles. The van der Waals surface area contributed by atoms with Crippen LogP contribution in [0.5, 0.6) is 0 Å². The van der Waals surface area contributed by atoms with Crippen LogP contribution in [-0.4, -0.2) is 40.5 Å². The number of nitrogens with zero attached hydrogens (tertiary/aromatic N) is 1. The summed E-state index contributed by atoms with van der Waals surface area (Å²) in [6.07, 6.45) is 0. The topological polar surface area (TPSA) is 49.4 Å². The van der Waals surface area contributed by atoms with Crippen molar-refractivity contribution < 1.29 is 8.42 Å². The molecule has 0 spiro atoms. The molecule has 0 aliphatic carbocycles. The molecule has 0 heterocycles. The molecule has 1 rings (SSSR count). The monoisotopic (exact) mass is 256 g/mol. The second-order valence-corrected chi connectivity index (χ2v) is 6.25. The summed E-state index contributed by atoms with van der Waals surface area (Å²) in [5.74, 6) is 0.0438. The van der Waals surface area contributed by atoms with Crippen molar-refractivity contribution in [2.24, 2.45) is 0 Å². The Bertz CT molecular complexity index is 455. The van der Waals surface area contributed by atoms with E-state index in [9.17, 15) is 8.42 Å². The molecule has 1 aromatic rings. The normalized spacial score (nSPS) is 12.0. The zero-order valence-corrected chi connectivity index (χ0v) is 11.4. The van der Waals surface area contributed by atoms with E-state index >= 15 is 0 Å². The Balaban J connectivity index is 2.55. The third-order valence-corrected chi connectivity index (χ3v) is 3.68. The summed E-state index contributed by atoms with van der Waals surface area (Å²) in [5, 5.41) is 0. The van der Waals surface area contributed by atoms with Crippen molar-refractivity contribution in [3.63, 3.8) is 0 Å². The molecule has 0 aliphatic rings. The Labute approximate surface area is 104 Å². The van der Waals surface area contributed by atoms with Crippen molar-refractivity contribution in [3.8, 4) is 0 Å². The highest BCUT2D eigenvalue weighted by Gasteiger charge is 2.10. The lowest BCUT2D eigenvalue weighted by atomic mass is 10.2. The van der Waals surface area contributed by atoms with E-state index in [2.05, 4.69) is 4.72 Å². The number of hydrogen-bond donors (Lipinski definition) is 1. The molecule has 96 valence electrons. The maximum Gasteiger partial charge on any atom is 0.215 e. The lowest BCUT2D eigenvalue weighted by Gasteiger charge is -2.11. The van der Waals surface area contributed by atoms with E-state index in [4.69, 9.17) is 0 Å². The van der Waals surface area contributed by atoms with Gasteiger partial charge in [-0.15, -0.1) is 0 Å². The summed E-state index contributed by atoms with van der Waals surface area (Å²) in [4.78, 5) is 1.94. The molecular weight excluding hydrogens is 236 g/mol. The van der Waals surface area contributed by atoms with Gasteiger partial charge in [-0.2, -0.15) is 0 Å². The largest absolute Gasteiger partial charge is 0.308 e. The van der Waals surface area contributed by atoms with Crippen molar-refractivity contribution in [1.29, 1.82) is 0 Å². The van der Waals surface area contributed by atoms with Gasteiger partial charge in [0.1, 0.15) is 0 Å². The van der Waals surface area contributed by atoms with Crippen molar-refractivity contribution in [3.05, 3.63) is 35.4 Å². The van der Waals surface area contributed by atoms with Gasteiger partial charge in [0.2, 0.25) is 10.0 Å². The van der Waals surface area contributed by atoms with Crippen LogP contribution < -0.4 is 4.72 Å². The number of benzene rings is 1. The fourth-order valence-electron chi connectivity index (χ4n) is 1.50. The standard InChI is InChI=1S/C12H20N2O2S/c1-11-5-4-6-12(9-11)10-17(15,16)13-7-8-14(2)3/h4-6,9,13H,7-8,10H2,1-3H3. The minimum atomic E-state index is -3.22. The minimum Gasteiger partial charge on any atom is -0.308 e. The van der Waals surface area contributed by atoms with Crippen molar-refractivity contribution in [2.45, 2.75) is 12.7 Å². The zero-order chi connectivity index (χ0) is 12.9. The molecule has 0 aliphatic heterocycles. The Hall–Kier alpha value is -0.910. The molecule has 17 heavy (non-hydrogen) atoms. The van der Waals surface area contributed by atoms with Gasteiger partial charge in [0.25, 0.3) is 0 Å². The van der Waals surface area contributed by atoms with Crippen molar-refractivity contribution in [1.82, 2.24) is 9.62 Å². The van der Waals surface area contributed by atoms with E-state index < -0.39 is 10.0 Å². The molecule has 0 aromatic heterocycles. The predicted octanol–water partition coefficient (Wildman–Crippen LogP) is 0.976. The van der Waals surface area contributed by atoms with Gasteiger partial charge in [-0.1, -0.05) is 29.8 Å². The van der Waals surface area contributed by atoms with Crippen molar-refractivity contribution >= 4 is 10.0 Å². The summed E-state index contributed by atoms with van der Waals surface area (Å²) in [6.45, 7) is 3.10. The van der Waals surface area contributed by atoms with Crippen LogP contribution in [0.3, 0.4) is 0 Å². The predicted molar refractivity (Wildman–Crippen MR) is 70.4 cm³/mol. The van der Waals surface area contributed by atoms with Crippen LogP contribution in [-0.2, 0) is 15.8 Å². The van der Waals surface area contributed by atoms with Gasteiger partial charge in [0, 0.05) is 13.1 Å². The lowest BCUT2D eigenvalue weighted by molar-refractivity contribution is 0.412. The van der Waals surface area contributed by atoms with Gasteiger partial charge in [-0.3, -0.25) is 0 Å². The Morgan fingerprint density at radius 3 is 2.59 bits per heavy atom. The Kier molecular flexibility index (Phi) is 5.11. The molecule has 4 nitrogen and oxygen atoms in total. The van der Waals surface area contributed by atoms with Gasteiger partial charge in [-0.25, -0.2) is 13.1 Å². The SMILES string of the molecule is Cc1cccc(CS(=O)(=O)NCCN(C)C)c1. The van der Waals surface area contributed by atoms with Crippen LogP contribution in [0, 0.1) is 6.92 Å². The second-order valence-electron chi connectivity index (χ2n) is 4.45. The molecule has 5 heteroatoms. The lowest BCUT2D eigenvalue weighted by Crippen LogP contribution is -2.32. The van der Waals surface area contributed by atoms with Gasteiger partial charge in [-0.05, 0) is 26.6 Å². The number of hydrogen-bond acceptors (Lipinski definition) is 3. The number of likely N-dealkylation sites (N-methyl/N-ethyl adjacent to an activating group) is 1. The summed E-state index contributed by atoms with van der Waals surface area (Å²) >= 11 is 0. The molecular formula is C12H20N2O2S. The molecule has 0 atom stereocenters. The van der Waals surface area contributed by atoms with Crippen LogP contribution in [0.15, 0.2) is 24.3 Å². The maximum atomic E-state index is 11.8. The van der Waals surface area contributed by atoms with Gasteiger partial charge < -0.3 is 4.90 Å². The quantitative estimate of drug-likeness (QED) is 0.825. The van der Waals surface area contributed by atoms with Crippen LogP contribution in [0.2, 0.25) is 0 Å². The van der Waals surface area contributed by atoms with Gasteiger partial charge in [0.15, 0.2) is 0 Å². The van der Waals surface area contributed by atoms with Crippen molar-refractivity contribution in [2.75, 3.05) is 27.2 Å². The average Bonchev–Trinajstić information content (AvgIpc) is 2.15. The smallest absolute Gasteiger partial charge is 0.215 e. The molecule has 0 amide bonds. The van der Waals surface area contributed by atoms with E-state index in [0.717, 1.165) is 11.1 Å². The van der Waals surface area contributed by atoms with Gasteiger partial charge >= 0.3 is 0 Å². The summed E-state index contributed by atoms with van der Waals surface area (Å²) < 4.78 is 26.1. The van der Waals surface area contributed by atoms with Crippen LogP contribution in [0.25, 0.3) is 0 Å². The first kappa shape index (κ1) is 14.2. The zero-order valence-electron chi connectivity index (χ0n) is 10.6. The molecule has 0 fully saturated rings. The van der Waals surface area contributed by atoms with E-state index in [0.29, 0.717) is 13.1 Å².